The molecule has 0 bridgehead atoms. The van der Waals surface area contributed by atoms with Crippen molar-refractivity contribution >= 4 is 11.6 Å². The Morgan fingerprint density at radius 3 is 2.78 bits per heavy atom. The van der Waals surface area contributed by atoms with Gasteiger partial charge >= 0.3 is 0 Å². The second-order valence-electron chi connectivity index (χ2n) is 5.14. The van der Waals surface area contributed by atoms with E-state index >= 15 is 0 Å². The lowest BCUT2D eigenvalue weighted by Crippen LogP contribution is -2.38. The molecule has 0 aromatic carbocycles. The number of likely N-dealkylation sites (tertiary alicyclic amines) is 1. The minimum atomic E-state index is 0.371. The van der Waals surface area contributed by atoms with E-state index in [1.165, 1.54) is 38.7 Å². The molecule has 1 unspecified atom stereocenters. The van der Waals surface area contributed by atoms with E-state index in [4.69, 9.17) is 5.73 Å². The van der Waals surface area contributed by atoms with Crippen LogP contribution in [0.3, 0.4) is 0 Å². The van der Waals surface area contributed by atoms with Crippen LogP contribution in [0.2, 0.25) is 0 Å². The average molecular weight is 249 g/mol. The highest BCUT2D eigenvalue weighted by Gasteiger charge is 2.14. The molecule has 0 radical (unpaired) electrons. The summed E-state index contributed by atoms with van der Waals surface area (Å²) in [6.45, 7) is 7.63. The molecular weight excluding hydrogens is 226 g/mol. The number of nitrogen functional groups attached to an aromatic ring is 1. The quantitative estimate of drug-likeness (QED) is 0.849. The Balaban J connectivity index is 1.90. The van der Waals surface area contributed by atoms with Crippen molar-refractivity contribution in [1.29, 1.82) is 0 Å². The van der Waals surface area contributed by atoms with E-state index in [-0.39, 0.29) is 0 Å². The Morgan fingerprint density at radius 1 is 1.33 bits per heavy atom. The van der Waals surface area contributed by atoms with Gasteiger partial charge in [-0.15, -0.1) is 0 Å². The zero-order valence-electron chi connectivity index (χ0n) is 11.3. The van der Waals surface area contributed by atoms with Crippen LogP contribution in [0.4, 0.5) is 11.6 Å². The number of anilines is 2. The van der Waals surface area contributed by atoms with Gasteiger partial charge in [-0.25, -0.2) is 9.97 Å². The number of piperidine rings is 1. The van der Waals surface area contributed by atoms with Gasteiger partial charge in [0.2, 0.25) is 0 Å². The summed E-state index contributed by atoms with van der Waals surface area (Å²) in [5.41, 5.74) is 6.71. The van der Waals surface area contributed by atoms with Crippen molar-refractivity contribution in [3.8, 4) is 0 Å². The third kappa shape index (κ3) is 3.32. The summed E-state index contributed by atoms with van der Waals surface area (Å²) in [7, 11) is 0. The first-order valence-corrected chi connectivity index (χ1v) is 6.73. The van der Waals surface area contributed by atoms with Crippen LogP contribution in [-0.2, 0) is 0 Å². The average Bonchev–Trinajstić information content (AvgIpc) is 2.36. The van der Waals surface area contributed by atoms with Crippen LogP contribution in [0.15, 0.2) is 6.33 Å². The number of hydrogen-bond acceptors (Lipinski definition) is 5. The number of hydrogen-bond donors (Lipinski definition) is 2. The van der Waals surface area contributed by atoms with E-state index in [9.17, 15) is 0 Å². The summed E-state index contributed by atoms with van der Waals surface area (Å²) >= 11 is 0. The van der Waals surface area contributed by atoms with E-state index in [0.717, 1.165) is 17.9 Å². The predicted molar refractivity (Wildman–Crippen MR) is 74.6 cm³/mol. The molecule has 3 N–H and O–H groups in total. The van der Waals surface area contributed by atoms with Crippen LogP contribution in [0.1, 0.15) is 31.7 Å². The summed E-state index contributed by atoms with van der Waals surface area (Å²) < 4.78 is 0. The molecule has 1 fully saturated rings. The van der Waals surface area contributed by atoms with Crippen LogP contribution >= 0.6 is 0 Å². The van der Waals surface area contributed by atoms with Gasteiger partial charge in [-0.1, -0.05) is 6.42 Å². The number of nitrogens with two attached hydrogens (primary N) is 1. The van der Waals surface area contributed by atoms with Crippen LogP contribution in [0.5, 0.6) is 0 Å². The molecule has 5 nitrogen and oxygen atoms in total. The largest absolute Gasteiger partial charge is 0.383 e. The minimum absolute atomic E-state index is 0.371. The lowest BCUT2D eigenvalue weighted by Gasteiger charge is -2.29. The molecule has 18 heavy (non-hydrogen) atoms. The molecule has 2 rings (SSSR count). The van der Waals surface area contributed by atoms with Gasteiger partial charge in [0.05, 0.1) is 0 Å². The van der Waals surface area contributed by atoms with Gasteiger partial charge in [-0.3, -0.25) is 0 Å². The molecule has 1 aliphatic rings. The van der Waals surface area contributed by atoms with Gasteiger partial charge in [0, 0.05) is 18.2 Å². The van der Waals surface area contributed by atoms with Gasteiger partial charge < -0.3 is 16.0 Å². The van der Waals surface area contributed by atoms with Crippen molar-refractivity contribution in [1.82, 2.24) is 14.9 Å². The monoisotopic (exact) mass is 249 g/mol. The molecule has 0 saturated carbocycles. The van der Waals surface area contributed by atoms with Crippen LogP contribution in [-0.4, -0.2) is 40.5 Å². The standard InChI is InChI=1S/C13H23N5/c1-10(8-18-6-4-3-5-7-18)17-13-11(2)12(14)15-9-16-13/h9-10H,3-8H2,1-2H3,(H3,14,15,16,17). The van der Waals surface area contributed by atoms with Gasteiger partial charge in [-0.05, 0) is 39.8 Å². The van der Waals surface area contributed by atoms with E-state index in [1.807, 2.05) is 6.92 Å². The predicted octanol–water partition coefficient (Wildman–Crippen LogP) is 1.65. The van der Waals surface area contributed by atoms with Gasteiger partial charge in [0.1, 0.15) is 18.0 Å². The maximum atomic E-state index is 5.78. The van der Waals surface area contributed by atoms with E-state index in [0.29, 0.717) is 11.9 Å². The zero-order chi connectivity index (χ0) is 13.0. The lowest BCUT2D eigenvalue weighted by atomic mass is 10.1. The lowest BCUT2D eigenvalue weighted by molar-refractivity contribution is 0.223. The van der Waals surface area contributed by atoms with Crippen LogP contribution < -0.4 is 11.1 Å². The Hall–Kier alpha value is -1.36. The molecule has 1 atom stereocenters. The van der Waals surface area contributed by atoms with E-state index < -0.39 is 0 Å². The molecule has 1 aromatic rings. The van der Waals surface area contributed by atoms with E-state index in [1.54, 1.807) is 0 Å². The SMILES string of the molecule is Cc1c(N)ncnc1NC(C)CN1CCCCC1. The topological polar surface area (TPSA) is 67.1 Å². The normalized spacial score (nSPS) is 18.6. The number of nitrogens with one attached hydrogen (secondary N) is 1. The molecule has 1 aromatic heterocycles. The highest BCUT2D eigenvalue weighted by atomic mass is 15.2. The maximum Gasteiger partial charge on any atom is 0.134 e. The third-order valence-corrected chi connectivity index (χ3v) is 3.49. The summed E-state index contributed by atoms with van der Waals surface area (Å²) in [6.07, 6.45) is 5.54. The zero-order valence-corrected chi connectivity index (χ0v) is 11.3. The highest BCUT2D eigenvalue weighted by Crippen LogP contribution is 2.16. The van der Waals surface area contributed by atoms with Crippen LogP contribution in [0, 0.1) is 6.92 Å². The molecule has 0 aliphatic carbocycles. The van der Waals surface area contributed by atoms with Crippen LogP contribution in [0.25, 0.3) is 0 Å². The maximum absolute atomic E-state index is 5.78. The first kappa shape index (κ1) is 13.1. The molecule has 1 saturated heterocycles. The molecular formula is C13H23N5. The Kier molecular flexibility index (Phi) is 4.36. The Labute approximate surface area is 109 Å². The smallest absolute Gasteiger partial charge is 0.134 e. The fourth-order valence-electron chi connectivity index (χ4n) is 2.42. The van der Waals surface area contributed by atoms with E-state index in [2.05, 4.69) is 27.1 Å². The molecule has 1 aliphatic heterocycles. The van der Waals surface area contributed by atoms with Gasteiger partial charge in [-0.2, -0.15) is 0 Å². The summed E-state index contributed by atoms with van der Waals surface area (Å²) in [4.78, 5) is 10.7. The number of aromatic nitrogens is 2. The van der Waals surface area contributed by atoms with Gasteiger partial charge in [0.25, 0.3) is 0 Å². The van der Waals surface area contributed by atoms with Gasteiger partial charge in [0.15, 0.2) is 0 Å². The number of nitrogens with zero attached hydrogens (tertiary/aromatic N) is 3. The van der Waals surface area contributed by atoms with Crippen molar-refractivity contribution in [2.45, 2.75) is 39.2 Å². The molecule has 0 amide bonds. The van der Waals surface area contributed by atoms with Crippen molar-refractivity contribution < 1.29 is 0 Å². The third-order valence-electron chi connectivity index (χ3n) is 3.49. The Morgan fingerprint density at radius 2 is 2.06 bits per heavy atom. The highest BCUT2D eigenvalue weighted by molar-refractivity contribution is 5.54. The van der Waals surface area contributed by atoms with Crippen molar-refractivity contribution in [3.63, 3.8) is 0 Å². The first-order chi connectivity index (χ1) is 8.66. The van der Waals surface area contributed by atoms with Crippen molar-refractivity contribution in [3.05, 3.63) is 11.9 Å². The Bertz CT molecular complexity index is 387. The summed E-state index contributed by atoms with van der Waals surface area (Å²) in [5, 5.41) is 3.43. The molecule has 2 heterocycles. The fraction of sp³-hybridized carbons (Fsp3) is 0.692. The summed E-state index contributed by atoms with van der Waals surface area (Å²) in [5.74, 6) is 1.41. The second-order valence-corrected chi connectivity index (χ2v) is 5.14. The molecule has 100 valence electrons. The molecule has 0 spiro atoms. The summed E-state index contributed by atoms with van der Waals surface area (Å²) in [6, 6.07) is 0.371. The van der Waals surface area contributed by atoms with Crippen molar-refractivity contribution in [2.24, 2.45) is 0 Å². The minimum Gasteiger partial charge on any atom is -0.383 e. The van der Waals surface area contributed by atoms with Crippen molar-refractivity contribution in [2.75, 3.05) is 30.7 Å². The fourth-order valence-corrected chi connectivity index (χ4v) is 2.42. The second kappa shape index (κ2) is 6.00. The number of rotatable bonds is 4. The molecule has 5 heteroatoms. The first-order valence-electron chi connectivity index (χ1n) is 6.73.